The third kappa shape index (κ3) is 50.0. The molecule has 62 heavy (non-hydrogen) atoms. The molecule has 0 amide bonds. The Morgan fingerprint density at radius 2 is 0.726 bits per heavy atom. The summed E-state index contributed by atoms with van der Waals surface area (Å²) in [6, 6.07) is 0. The number of ether oxygens (including phenoxy) is 3. The summed E-state index contributed by atoms with van der Waals surface area (Å²) in [5.41, 5.74) is 0. The van der Waals surface area contributed by atoms with Crippen molar-refractivity contribution in [3.05, 3.63) is 72.9 Å². The molecule has 0 aromatic rings. The Kier molecular flexibility index (Phi) is 50.4. The number of allylic oxidation sites excluding steroid dienone is 12. The summed E-state index contributed by atoms with van der Waals surface area (Å²) >= 11 is 0. The Morgan fingerprint density at radius 3 is 1.19 bits per heavy atom. The molecule has 1 unspecified atom stereocenters. The number of rotatable bonds is 48. The highest BCUT2D eigenvalue weighted by Gasteiger charge is 2.17. The summed E-state index contributed by atoms with van der Waals surface area (Å²) in [5, 5.41) is 0. The van der Waals surface area contributed by atoms with Gasteiger partial charge >= 0.3 is 11.9 Å². The lowest BCUT2D eigenvalue weighted by atomic mass is 10.1. The Morgan fingerprint density at radius 1 is 0.371 bits per heavy atom. The van der Waals surface area contributed by atoms with Crippen molar-refractivity contribution in [3.8, 4) is 0 Å². The first-order valence-corrected chi connectivity index (χ1v) is 26.5. The van der Waals surface area contributed by atoms with Gasteiger partial charge in [-0.3, -0.25) is 9.59 Å². The summed E-state index contributed by atoms with van der Waals surface area (Å²) in [7, 11) is 0. The van der Waals surface area contributed by atoms with Gasteiger partial charge in [0, 0.05) is 19.4 Å². The molecule has 0 bridgehead atoms. The van der Waals surface area contributed by atoms with Crippen LogP contribution >= 0.6 is 0 Å². The van der Waals surface area contributed by atoms with Crippen LogP contribution < -0.4 is 0 Å². The van der Waals surface area contributed by atoms with Crippen molar-refractivity contribution in [2.24, 2.45) is 0 Å². The summed E-state index contributed by atoms with van der Waals surface area (Å²) in [5.74, 6) is -0.412. The number of hydrogen-bond acceptors (Lipinski definition) is 5. The monoisotopic (exact) mass is 865 g/mol. The Bertz CT molecular complexity index is 1110. The van der Waals surface area contributed by atoms with Crippen molar-refractivity contribution >= 4 is 11.9 Å². The molecular formula is C57H100O5. The number of hydrogen-bond donors (Lipinski definition) is 0. The highest BCUT2D eigenvalue weighted by Crippen LogP contribution is 2.14. The van der Waals surface area contributed by atoms with Gasteiger partial charge in [0.15, 0.2) is 6.10 Å². The summed E-state index contributed by atoms with van der Waals surface area (Å²) in [6.07, 6.45) is 67.7. The molecule has 0 aromatic carbocycles. The van der Waals surface area contributed by atoms with Crippen LogP contribution in [0.5, 0.6) is 0 Å². The minimum atomic E-state index is -0.545. The fourth-order valence-electron chi connectivity index (χ4n) is 7.30. The molecule has 0 aromatic heterocycles. The van der Waals surface area contributed by atoms with Gasteiger partial charge in [0.05, 0.1) is 6.61 Å². The van der Waals surface area contributed by atoms with E-state index < -0.39 is 6.10 Å². The molecule has 0 saturated heterocycles. The van der Waals surface area contributed by atoms with Crippen molar-refractivity contribution in [1.82, 2.24) is 0 Å². The van der Waals surface area contributed by atoms with Gasteiger partial charge in [0.1, 0.15) is 6.61 Å². The first kappa shape index (κ1) is 59.3. The third-order valence-electron chi connectivity index (χ3n) is 11.2. The largest absolute Gasteiger partial charge is 0.462 e. The van der Waals surface area contributed by atoms with Crippen molar-refractivity contribution in [2.75, 3.05) is 19.8 Å². The van der Waals surface area contributed by atoms with E-state index in [4.69, 9.17) is 14.2 Å². The van der Waals surface area contributed by atoms with E-state index in [1.165, 1.54) is 135 Å². The maximum Gasteiger partial charge on any atom is 0.306 e. The molecule has 5 nitrogen and oxygen atoms in total. The normalized spacial score (nSPS) is 12.8. The smallest absolute Gasteiger partial charge is 0.306 e. The highest BCUT2D eigenvalue weighted by atomic mass is 16.6. The van der Waals surface area contributed by atoms with Gasteiger partial charge in [-0.2, -0.15) is 0 Å². The molecule has 0 spiro atoms. The summed E-state index contributed by atoms with van der Waals surface area (Å²) in [4.78, 5) is 25.3. The highest BCUT2D eigenvalue weighted by molar-refractivity contribution is 5.70. The number of unbranched alkanes of at least 4 members (excludes halogenated alkanes) is 25. The zero-order valence-corrected chi connectivity index (χ0v) is 41.1. The van der Waals surface area contributed by atoms with Gasteiger partial charge in [0.25, 0.3) is 0 Å². The van der Waals surface area contributed by atoms with Crippen molar-refractivity contribution in [3.63, 3.8) is 0 Å². The van der Waals surface area contributed by atoms with Crippen LogP contribution in [0.2, 0.25) is 0 Å². The van der Waals surface area contributed by atoms with E-state index in [1.54, 1.807) is 0 Å². The topological polar surface area (TPSA) is 61.8 Å². The molecule has 0 fully saturated rings. The zero-order chi connectivity index (χ0) is 44.9. The van der Waals surface area contributed by atoms with Crippen LogP contribution in [0.25, 0.3) is 0 Å². The Labute approximate surface area is 385 Å². The second-order valence-electron chi connectivity index (χ2n) is 17.4. The van der Waals surface area contributed by atoms with Crippen LogP contribution in [0.4, 0.5) is 0 Å². The zero-order valence-electron chi connectivity index (χ0n) is 41.1. The van der Waals surface area contributed by atoms with Gasteiger partial charge in [-0.15, -0.1) is 0 Å². The van der Waals surface area contributed by atoms with E-state index in [2.05, 4.69) is 93.7 Å². The standard InChI is InChI=1S/C57H100O5/c1-4-7-10-13-16-19-21-23-25-27-28-29-31-33-35-37-40-43-46-49-52-60-53-55(62-57(59)51-48-45-42-38-18-15-12-9-6-3)54-61-56(58)50-47-44-41-39-36-34-32-30-26-24-22-20-17-14-11-8-5-2/h8,11,16-17,19-20,23-26,28-29,55H,4-7,9-10,12-15,18,21-22,27,30-54H2,1-3H3/b11-8-,19-16-,20-17-,25-23-,26-24-,29-28-. The quantitative estimate of drug-likeness (QED) is 0.0346. The molecule has 0 N–H and O–H groups in total. The molecule has 5 heteroatoms. The predicted octanol–water partition coefficient (Wildman–Crippen LogP) is 17.9. The molecule has 0 aliphatic rings. The van der Waals surface area contributed by atoms with E-state index in [0.29, 0.717) is 19.4 Å². The van der Waals surface area contributed by atoms with E-state index >= 15 is 0 Å². The number of carbonyl (C=O) groups excluding carboxylic acids is 2. The van der Waals surface area contributed by atoms with Gasteiger partial charge < -0.3 is 14.2 Å². The van der Waals surface area contributed by atoms with E-state index in [0.717, 1.165) is 83.5 Å². The Hall–Kier alpha value is -2.66. The van der Waals surface area contributed by atoms with Gasteiger partial charge in [-0.05, 0) is 89.9 Å². The van der Waals surface area contributed by atoms with Gasteiger partial charge in [-0.25, -0.2) is 0 Å². The minimum Gasteiger partial charge on any atom is -0.462 e. The van der Waals surface area contributed by atoms with Crippen LogP contribution in [0.3, 0.4) is 0 Å². The first-order chi connectivity index (χ1) is 30.6. The van der Waals surface area contributed by atoms with Crippen LogP contribution in [-0.4, -0.2) is 37.9 Å². The fraction of sp³-hybridized carbons (Fsp3) is 0.754. The molecule has 0 radical (unpaired) electrons. The van der Waals surface area contributed by atoms with Gasteiger partial charge in [0.2, 0.25) is 0 Å². The van der Waals surface area contributed by atoms with Crippen molar-refractivity contribution in [1.29, 1.82) is 0 Å². The predicted molar refractivity (Wildman–Crippen MR) is 270 cm³/mol. The van der Waals surface area contributed by atoms with Crippen LogP contribution in [0.15, 0.2) is 72.9 Å². The third-order valence-corrected chi connectivity index (χ3v) is 11.2. The maximum atomic E-state index is 12.7. The van der Waals surface area contributed by atoms with Crippen molar-refractivity contribution in [2.45, 2.75) is 258 Å². The second-order valence-corrected chi connectivity index (χ2v) is 17.4. The molecule has 1 atom stereocenters. The second kappa shape index (κ2) is 52.7. The van der Waals surface area contributed by atoms with Gasteiger partial charge in [-0.1, -0.05) is 222 Å². The fourth-order valence-corrected chi connectivity index (χ4v) is 7.30. The molecule has 358 valence electrons. The van der Waals surface area contributed by atoms with E-state index in [-0.39, 0.29) is 25.2 Å². The molecule has 0 saturated carbocycles. The molecule has 0 aliphatic heterocycles. The SMILES string of the molecule is CC/C=C\C/C=C\C/C=C\CCCCCCCCCC(=O)OCC(COCCCCCCCCC/C=C\C/C=C\C/C=C\CCCCC)OC(=O)CCCCCCCCCCC. The Balaban J connectivity index is 4.20. The lowest BCUT2D eigenvalue weighted by Gasteiger charge is -2.18. The van der Waals surface area contributed by atoms with Crippen molar-refractivity contribution < 1.29 is 23.8 Å². The molecule has 0 rings (SSSR count). The van der Waals surface area contributed by atoms with Crippen LogP contribution in [-0.2, 0) is 23.8 Å². The molecule has 0 aliphatic carbocycles. The lowest BCUT2D eigenvalue weighted by molar-refractivity contribution is -0.163. The van der Waals surface area contributed by atoms with E-state index in [9.17, 15) is 9.59 Å². The average molecular weight is 865 g/mol. The number of carbonyl (C=O) groups is 2. The molecular weight excluding hydrogens is 765 g/mol. The summed E-state index contributed by atoms with van der Waals surface area (Å²) < 4.78 is 17.4. The minimum absolute atomic E-state index is 0.0755. The van der Waals surface area contributed by atoms with E-state index in [1.807, 2.05) is 0 Å². The number of esters is 2. The van der Waals surface area contributed by atoms with Crippen LogP contribution in [0, 0.1) is 0 Å². The summed E-state index contributed by atoms with van der Waals surface area (Å²) in [6.45, 7) is 7.66. The molecule has 0 heterocycles. The lowest BCUT2D eigenvalue weighted by Crippen LogP contribution is -2.30. The average Bonchev–Trinajstić information content (AvgIpc) is 3.27. The maximum absolute atomic E-state index is 12.7. The van der Waals surface area contributed by atoms with Crippen LogP contribution in [0.1, 0.15) is 252 Å². The first-order valence-electron chi connectivity index (χ1n) is 26.5.